The molecule has 0 saturated heterocycles. The van der Waals surface area contributed by atoms with Crippen LogP contribution in [0.4, 0.5) is 4.79 Å². The summed E-state index contributed by atoms with van der Waals surface area (Å²) in [5, 5.41) is 13.8. The number of rotatable bonds is 4. The highest BCUT2D eigenvalue weighted by Crippen LogP contribution is 2.09. The van der Waals surface area contributed by atoms with Crippen molar-refractivity contribution in [2.75, 3.05) is 7.05 Å². The van der Waals surface area contributed by atoms with Gasteiger partial charge in [-0.25, -0.2) is 4.79 Å². The number of carboxylic acid groups (broad SMARTS) is 1. The lowest BCUT2D eigenvalue weighted by atomic mass is 10.0. The highest BCUT2D eigenvalue weighted by Gasteiger charge is 2.06. The molecular formula is C11H14N2O3. The second-order valence-electron chi connectivity index (χ2n) is 3.27. The first-order chi connectivity index (χ1) is 7.63. The number of amides is 2. The summed E-state index contributed by atoms with van der Waals surface area (Å²) in [6, 6.07) is 6.85. The van der Waals surface area contributed by atoms with Crippen LogP contribution in [0.25, 0.3) is 0 Å². The fraction of sp³-hybridized carbons (Fsp3) is 0.273. The van der Waals surface area contributed by atoms with Crippen LogP contribution in [0.2, 0.25) is 0 Å². The number of carboxylic acids is 1. The Bertz CT molecular complexity index is 391. The number of carbonyl (C=O) groups excluding carboxylic acids is 1. The first-order valence-corrected chi connectivity index (χ1v) is 4.87. The molecule has 0 saturated carbocycles. The van der Waals surface area contributed by atoms with E-state index in [9.17, 15) is 9.59 Å². The van der Waals surface area contributed by atoms with Crippen LogP contribution in [-0.2, 0) is 17.8 Å². The Labute approximate surface area is 93.5 Å². The molecule has 0 unspecified atom stereocenters. The van der Waals surface area contributed by atoms with E-state index in [0.717, 1.165) is 5.56 Å². The molecule has 5 heteroatoms. The molecule has 1 rings (SSSR count). The standard InChI is InChI=1S/C11H14N2O3/c1-12-11(16)13-7-9-5-3-2-4-8(9)6-10(14)15/h2-5H,6-7H2,1H3,(H,14,15)(H2,12,13,16). The first kappa shape index (κ1) is 12.0. The van der Waals surface area contributed by atoms with Crippen molar-refractivity contribution in [2.45, 2.75) is 13.0 Å². The number of hydrogen-bond acceptors (Lipinski definition) is 2. The molecule has 3 N–H and O–H groups in total. The fourth-order valence-electron chi connectivity index (χ4n) is 1.33. The maximum absolute atomic E-state index is 11.0. The molecule has 1 aromatic rings. The monoisotopic (exact) mass is 222 g/mol. The van der Waals surface area contributed by atoms with Gasteiger partial charge in [0.05, 0.1) is 6.42 Å². The smallest absolute Gasteiger partial charge is 0.314 e. The van der Waals surface area contributed by atoms with Crippen LogP contribution in [0.5, 0.6) is 0 Å². The summed E-state index contributed by atoms with van der Waals surface area (Å²) in [6.45, 7) is 0.323. The maximum atomic E-state index is 11.0. The van der Waals surface area contributed by atoms with Crippen molar-refractivity contribution < 1.29 is 14.7 Å². The molecule has 0 bridgehead atoms. The van der Waals surface area contributed by atoms with Gasteiger partial charge in [0.1, 0.15) is 0 Å². The van der Waals surface area contributed by atoms with Crippen molar-refractivity contribution >= 4 is 12.0 Å². The average molecular weight is 222 g/mol. The minimum Gasteiger partial charge on any atom is -0.481 e. The van der Waals surface area contributed by atoms with Crippen LogP contribution < -0.4 is 10.6 Å². The lowest BCUT2D eigenvalue weighted by Gasteiger charge is -2.08. The zero-order valence-corrected chi connectivity index (χ0v) is 8.99. The van der Waals surface area contributed by atoms with E-state index < -0.39 is 5.97 Å². The summed E-state index contributed by atoms with van der Waals surface area (Å²) in [5.41, 5.74) is 1.53. The molecular weight excluding hydrogens is 208 g/mol. The summed E-state index contributed by atoms with van der Waals surface area (Å²) in [4.78, 5) is 21.6. The third-order valence-electron chi connectivity index (χ3n) is 2.13. The molecule has 16 heavy (non-hydrogen) atoms. The van der Waals surface area contributed by atoms with Crippen LogP contribution in [0, 0.1) is 0 Å². The van der Waals surface area contributed by atoms with Crippen LogP contribution in [0.3, 0.4) is 0 Å². The number of carbonyl (C=O) groups is 2. The van der Waals surface area contributed by atoms with Gasteiger partial charge in [0.2, 0.25) is 0 Å². The summed E-state index contributed by atoms with van der Waals surface area (Å²) >= 11 is 0. The quantitative estimate of drug-likeness (QED) is 0.703. The van der Waals surface area contributed by atoms with Gasteiger partial charge < -0.3 is 15.7 Å². The molecule has 86 valence electrons. The van der Waals surface area contributed by atoms with E-state index in [1.807, 2.05) is 6.07 Å². The Hall–Kier alpha value is -2.04. The van der Waals surface area contributed by atoms with Crippen LogP contribution in [0.15, 0.2) is 24.3 Å². The lowest BCUT2D eigenvalue weighted by Crippen LogP contribution is -2.32. The molecule has 5 nitrogen and oxygen atoms in total. The first-order valence-electron chi connectivity index (χ1n) is 4.87. The number of urea groups is 1. The van der Waals surface area contributed by atoms with Crippen molar-refractivity contribution in [1.29, 1.82) is 0 Å². The predicted octanol–water partition coefficient (Wildman–Crippen LogP) is 0.743. The molecule has 0 heterocycles. The summed E-state index contributed by atoms with van der Waals surface area (Å²) in [6.07, 6.45) is -0.0361. The normalized spacial score (nSPS) is 9.56. The van der Waals surface area contributed by atoms with E-state index in [2.05, 4.69) is 10.6 Å². The second kappa shape index (κ2) is 5.75. The van der Waals surface area contributed by atoms with E-state index in [0.29, 0.717) is 12.1 Å². The maximum Gasteiger partial charge on any atom is 0.314 e. The van der Waals surface area contributed by atoms with Gasteiger partial charge in [0.15, 0.2) is 0 Å². The van der Waals surface area contributed by atoms with Crippen LogP contribution in [-0.4, -0.2) is 24.2 Å². The molecule has 1 aromatic carbocycles. The molecule has 0 aliphatic rings. The Morgan fingerprint density at radius 2 is 1.88 bits per heavy atom. The number of aliphatic carboxylic acids is 1. The summed E-state index contributed by atoms with van der Waals surface area (Å²) < 4.78 is 0. The minimum absolute atomic E-state index is 0.0361. The van der Waals surface area contributed by atoms with Gasteiger partial charge in [-0.2, -0.15) is 0 Å². The third kappa shape index (κ3) is 3.61. The molecule has 0 radical (unpaired) electrons. The summed E-state index contributed by atoms with van der Waals surface area (Å²) in [5.74, 6) is -0.882. The molecule has 0 atom stereocenters. The van der Waals surface area contributed by atoms with E-state index in [1.54, 1.807) is 18.2 Å². The van der Waals surface area contributed by atoms with Crippen LogP contribution in [0.1, 0.15) is 11.1 Å². The number of hydrogen-bond donors (Lipinski definition) is 3. The zero-order chi connectivity index (χ0) is 12.0. The molecule has 0 aliphatic carbocycles. The largest absolute Gasteiger partial charge is 0.481 e. The van der Waals surface area contributed by atoms with E-state index >= 15 is 0 Å². The van der Waals surface area contributed by atoms with E-state index in [-0.39, 0.29) is 12.5 Å². The highest BCUT2D eigenvalue weighted by molar-refractivity contribution is 5.74. The molecule has 0 fully saturated rings. The minimum atomic E-state index is -0.882. The van der Waals surface area contributed by atoms with Gasteiger partial charge in [-0.15, -0.1) is 0 Å². The van der Waals surface area contributed by atoms with Gasteiger partial charge in [-0.05, 0) is 11.1 Å². The van der Waals surface area contributed by atoms with Crippen molar-refractivity contribution in [1.82, 2.24) is 10.6 Å². The molecule has 0 spiro atoms. The SMILES string of the molecule is CNC(=O)NCc1ccccc1CC(=O)O. The van der Waals surface area contributed by atoms with Crippen molar-refractivity contribution in [3.05, 3.63) is 35.4 Å². The number of benzene rings is 1. The Morgan fingerprint density at radius 3 is 2.44 bits per heavy atom. The van der Waals surface area contributed by atoms with E-state index in [1.165, 1.54) is 7.05 Å². The topological polar surface area (TPSA) is 78.4 Å². The second-order valence-corrected chi connectivity index (χ2v) is 3.27. The molecule has 2 amide bonds. The zero-order valence-electron chi connectivity index (χ0n) is 8.99. The fourth-order valence-corrected chi connectivity index (χ4v) is 1.33. The van der Waals surface area contributed by atoms with Gasteiger partial charge in [0, 0.05) is 13.6 Å². The Morgan fingerprint density at radius 1 is 1.25 bits per heavy atom. The van der Waals surface area contributed by atoms with Crippen molar-refractivity contribution in [2.24, 2.45) is 0 Å². The van der Waals surface area contributed by atoms with Gasteiger partial charge in [-0.3, -0.25) is 4.79 Å². The Kier molecular flexibility index (Phi) is 4.32. The average Bonchev–Trinajstić information content (AvgIpc) is 2.26. The molecule has 0 aliphatic heterocycles. The van der Waals surface area contributed by atoms with Crippen molar-refractivity contribution in [3.63, 3.8) is 0 Å². The third-order valence-corrected chi connectivity index (χ3v) is 2.13. The Balaban J connectivity index is 2.70. The highest BCUT2D eigenvalue weighted by atomic mass is 16.4. The number of nitrogens with one attached hydrogen (secondary N) is 2. The summed E-state index contributed by atoms with van der Waals surface area (Å²) in [7, 11) is 1.53. The van der Waals surface area contributed by atoms with E-state index in [4.69, 9.17) is 5.11 Å². The van der Waals surface area contributed by atoms with Crippen molar-refractivity contribution in [3.8, 4) is 0 Å². The van der Waals surface area contributed by atoms with Gasteiger partial charge in [0.25, 0.3) is 0 Å². The van der Waals surface area contributed by atoms with Gasteiger partial charge >= 0.3 is 12.0 Å². The van der Waals surface area contributed by atoms with Crippen LogP contribution >= 0.6 is 0 Å². The lowest BCUT2D eigenvalue weighted by molar-refractivity contribution is -0.136. The molecule has 0 aromatic heterocycles. The van der Waals surface area contributed by atoms with Gasteiger partial charge in [-0.1, -0.05) is 24.3 Å². The predicted molar refractivity (Wildman–Crippen MR) is 59.1 cm³/mol.